The number of hydrazine groups is 1. The topological polar surface area (TPSA) is 58.3 Å². The molecule has 0 heterocycles. The number of benzene rings is 1. The van der Waals surface area contributed by atoms with Crippen LogP contribution in [-0.4, -0.2) is 5.11 Å². The van der Waals surface area contributed by atoms with Crippen LogP contribution in [0.25, 0.3) is 0 Å². The minimum atomic E-state index is -0.0694. The fourth-order valence-corrected chi connectivity index (χ4v) is 1.11. The van der Waals surface area contributed by atoms with Crippen LogP contribution in [0, 0.1) is 0 Å². The van der Waals surface area contributed by atoms with Crippen molar-refractivity contribution in [2.45, 2.75) is 6.61 Å². The minimum Gasteiger partial charge on any atom is -0.392 e. The highest BCUT2D eigenvalue weighted by Gasteiger charge is 2.02. The van der Waals surface area contributed by atoms with Gasteiger partial charge in [0.2, 0.25) is 0 Å². The van der Waals surface area contributed by atoms with E-state index in [2.05, 4.69) is 5.43 Å². The second-order valence-corrected chi connectivity index (χ2v) is 2.48. The summed E-state index contributed by atoms with van der Waals surface area (Å²) in [7, 11) is 0. The van der Waals surface area contributed by atoms with Gasteiger partial charge in [0.25, 0.3) is 0 Å². The Morgan fingerprint density at radius 1 is 1.55 bits per heavy atom. The number of nitrogens with one attached hydrogen (secondary N) is 1. The molecule has 0 spiro atoms. The van der Waals surface area contributed by atoms with Crippen molar-refractivity contribution in [2.75, 3.05) is 5.43 Å². The van der Waals surface area contributed by atoms with E-state index in [4.69, 9.17) is 22.6 Å². The van der Waals surface area contributed by atoms with Crippen LogP contribution in [0.5, 0.6) is 0 Å². The van der Waals surface area contributed by atoms with Crippen LogP contribution in [0.15, 0.2) is 18.2 Å². The predicted octanol–water partition coefficient (Wildman–Crippen LogP) is 1.12. The Morgan fingerprint density at radius 3 is 2.73 bits per heavy atom. The molecule has 3 nitrogen and oxygen atoms in total. The van der Waals surface area contributed by atoms with Crippen molar-refractivity contribution in [1.82, 2.24) is 0 Å². The summed E-state index contributed by atoms with van der Waals surface area (Å²) in [4.78, 5) is 0. The van der Waals surface area contributed by atoms with Crippen molar-refractivity contribution in [1.29, 1.82) is 0 Å². The van der Waals surface area contributed by atoms with E-state index in [0.29, 0.717) is 16.3 Å². The van der Waals surface area contributed by atoms with Crippen molar-refractivity contribution in [2.24, 2.45) is 5.84 Å². The van der Waals surface area contributed by atoms with E-state index in [1.54, 1.807) is 18.2 Å². The minimum absolute atomic E-state index is 0.0694. The van der Waals surface area contributed by atoms with Gasteiger partial charge in [0, 0.05) is 5.56 Å². The van der Waals surface area contributed by atoms with Crippen LogP contribution >= 0.6 is 11.6 Å². The van der Waals surface area contributed by atoms with E-state index in [-0.39, 0.29) is 6.61 Å². The van der Waals surface area contributed by atoms with Crippen molar-refractivity contribution in [3.63, 3.8) is 0 Å². The summed E-state index contributed by atoms with van der Waals surface area (Å²) < 4.78 is 0. The highest BCUT2D eigenvalue weighted by Crippen LogP contribution is 2.24. The van der Waals surface area contributed by atoms with Crippen LogP contribution in [0.2, 0.25) is 5.02 Å². The zero-order valence-corrected chi connectivity index (χ0v) is 6.60. The molecule has 1 rings (SSSR count). The van der Waals surface area contributed by atoms with Gasteiger partial charge in [-0.2, -0.15) is 0 Å². The number of nitrogen functional groups attached to an aromatic ring is 1. The molecular formula is C7H9ClN2O. The number of hydrogen-bond donors (Lipinski definition) is 3. The third kappa shape index (κ3) is 1.63. The van der Waals surface area contributed by atoms with E-state index >= 15 is 0 Å². The van der Waals surface area contributed by atoms with E-state index in [0.717, 1.165) is 0 Å². The SMILES string of the molecule is NNc1c(Cl)cccc1CO. The predicted molar refractivity (Wildman–Crippen MR) is 45.2 cm³/mol. The molecule has 60 valence electrons. The molecule has 4 heteroatoms. The van der Waals surface area contributed by atoms with Gasteiger partial charge in [0.05, 0.1) is 17.3 Å². The zero-order chi connectivity index (χ0) is 8.27. The normalized spacial score (nSPS) is 9.73. The fraction of sp³-hybridized carbons (Fsp3) is 0.143. The Kier molecular flexibility index (Phi) is 2.70. The molecule has 0 unspecified atom stereocenters. The standard InChI is InChI=1S/C7H9ClN2O/c8-6-3-1-2-5(4-11)7(6)10-9/h1-3,10-11H,4,9H2. The smallest absolute Gasteiger partial charge is 0.0727 e. The first-order valence-electron chi connectivity index (χ1n) is 3.14. The summed E-state index contributed by atoms with van der Waals surface area (Å²) in [6.45, 7) is -0.0694. The first-order chi connectivity index (χ1) is 5.29. The van der Waals surface area contributed by atoms with Gasteiger partial charge >= 0.3 is 0 Å². The second-order valence-electron chi connectivity index (χ2n) is 2.08. The van der Waals surface area contributed by atoms with Gasteiger partial charge in [-0.15, -0.1) is 0 Å². The summed E-state index contributed by atoms with van der Waals surface area (Å²) in [5, 5.41) is 9.33. The summed E-state index contributed by atoms with van der Waals surface area (Å²) in [5.41, 5.74) is 3.70. The first kappa shape index (κ1) is 8.33. The summed E-state index contributed by atoms with van der Waals surface area (Å²) in [5.74, 6) is 5.18. The number of halogens is 1. The van der Waals surface area contributed by atoms with E-state index in [9.17, 15) is 0 Å². The lowest BCUT2D eigenvalue weighted by atomic mass is 10.2. The van der Waals surface area contributed by atoms with Crippen LogP contribution in [-0.2, 0) is 6.61 Å². The number of rotatable bonds is 2. The van der Waals surface area contributed by atoms with Crippen LogP contribution in [0.1, 0.15) is 5.56 Å². The largest absolute Gasteiger partial charge is 0.392 e. The summed E-state index contributed by atoms with van der Waals surface area (Å²) >= 11 is 5.75. The molecule has 1 aromatic carbocycles. The number of aliphatic hydroxyl groups excluding tert-OH is 1. The second kappa shape index (κ2) is 3.57. The Bertz CT molecular complexity index is 252. The maximum Gasteiger partial charge on any atom is 0.0727 e. The molecule has 4 N–H and O–H groups in total. The van der Waals surface area contributed by atoms with Crippen LogP contribution < -0.4 is 11.3 Å². The van der Waals surface area contributed by atoms with Crippen molar-refractivity contribution in [3.8, 4) is 0 Å². The van der Waals surface area contributed by atoms with Gasteiger partial charge in [0.15, 0.2) is 0 Å². The van der Waals surface area contributed by atoms with E-state index in [1.807, 2.05) is 0 Å². The molecule has 0 fully saturated rings. The maximum absolute atomic E-state index is 8.82. The van der Waals surface area contributed by atoms with Gasteiger partial charge in [-0.25, -0.2) is 0 Å². The first-order valence-corrected chi connectivity index (χ1v) is 3.52. The Morgan fingerprint density at radius 2 is 2.27 bits per heavy atom. The molecule has 11 heavy (non-hydrogen) atoms. The molecule has 1 aromatic rings. The molecular weight excluding hydrogens is 164 g/mol. The van der Waals surface area contributed by atoms with Crippen molar-refractivity contribution >= 4 is 17.3 Å². The van der Waals surface area contributed by atoms with E-state index in [1.165, 1.54) is 0 Å². The highest BCUT2D eigenvalue weighted by atomic mass is 35.5. The summed E-state index contributed by atoms with van der Waals surface area (Å²) in [6, 6.07) is 5.21. The molecule has 0 aliphatic heterocycles. The molecule has 0 aliphatic rings. The molecule has 0 aliphatic carbocycles. The maximum atomic E-state index is 8.82. The number of hydrogen-bond acceptors (Lipinski definition) is 3. The van der Waals surface area contributed by atoms with E-state index < -0.39 is 0 Å². The van der Waals surface area contributed by atoms with Gasteiger partial charge in [-0.1, -0.05) is 23.7 Å². The highest BCUT2D eigenvalue weighted by molar-refractivity contribution is 6.33. The van der Waals surface area contributed by atoms with Crippen LogP contribution in [0.4, 0.5) is 5.69 Å². The van der Waals surface area contributed by atoms with Gasteiger partial charge in [0.1, 0.15) is 0 Å². The molecule has 0 aromatic heterocycles. The fourth-order valence-electron chi connectivity index (χ4n) is 0.862. The average Bonchev–Trinajstić information content (AvgIpc) is 2.04. The lowest BCUT2D eigenvalue weighted by molar-refractivity contribution is 0.282. The molecule has 0 amide bonds. The van der Waals surface area contributed by atoms with Crippen molar-refractivity contribution < 1.29 is 5.11 Å². The Hall–Kier alpha value is -0.770. The third-order valence-corrected chi connectivity index (χ3v) is 1.73. The number of aliphatic hydroxyl groups is 1. The summed E-state index contributed by atoms with van der Waals surface area (Å²) in [6.07, 6.45) is 0. The number of anilines is 1. The Labute approximate surface area is 69.8 Å². The lowest BCUT2D eigenvalue weighted by Crippen LogP contribution is -2.09. The molecule has 0 saturated heterocycles. The van der Waals surface area contributed by atoms with Gasteiger partial charge in [-0.3, -0.25) is 5.84 Å². The Balaban J connectivity index is 3.13. The third-order valence-electron chi connectivity index (χ3n) is 1.41. The lowest BCUT2D eigenvalue weighted by Gasteiger charge is -2.07. The van der Waals surface area contributed by atoms with Gasteiger partial charge < -0.3 is 10.5 Å². The number of nitrogens with two attached hydrogens (primary N) is 1. The van der Waals surface area contributed by atoms with Gasteiger partial charge in [-0.05, 0) is 6.07 Å². The molecule has 0 atom stereocenters. The average molecular weight is 173 g/mol. The molecule has 0 bridgehead atoms. The zero-order valence-electron chi connectivity index (χ0n) is 5.84. The monoisotopic (exact) mass is 172 g/mol. The molecule has 0 saturated carbocycles. The van der Waals surface area contributed by atoms with Crippen LogP contribution in [0.3, 0.4) is 0 Å². The number of para-hydroxylation sites is 1. The quantitative estimate of drug-likeness (QED) is 0.463. The molecule has 0 radical (unpaired) electrons. The van der Waals surface area contributed by atoms with Crippen molar-refractivity contribution in [3.05, 3.63) is 28.8 Å².